The van der Waals surface area contributed by atoms with Crippen LogP contribution in [0.4, 0.5) is 9.18 Å². The average molecular weight is 346 g/mol. The molecule has 0 aliphatic heterocycles. The molecule has 0 aromatic heterocycles. The van der Waals surface area contributed by atoms with Gasteiger partial charge in [0.25, 0.3) is 0 Å². The highest BCUT2D eigenvalue weighted by molar-refractivity contribution is 5.74. The van der Waals surface area contributed by atoms with Crippen molar-refractivity contribution in [2.24, 2.45) is 0 Å². The Balaban J connectivity index is 1.85. The van der Waals surface area contributed by atoms with Crippen LogP contribution in [0, 0.1) is 5.82 Å². The van der Waals surface area contributed by atoms with Gasteiger partial charge in [-0.3, -0.25) is 0 Å². The van der Waals surface area contributed by atoms with Crippen LogP contribution < -0.4 is 20.1 Å². The topological polar surface area (TPSA) is 59.6 Å². The summed E-state index contributed by atoms with van der Waals surface area (Å²) in [5, 5.41) is 5.56. The van der Waals surface area contributed by atoms with Crippen molar-refractivity contribution in [1.82, 2.24) is 10.6 Å². The van der Waals surface area contributed by atoms with E-state index in [2.05, 4.69) is 10.6 Å². The number of carbonyl (C=O) groups is 1. The Labute approximate surface area is 147 Å². The minimum absolute atomic E-state index is 0.164. The molecule has 2 amide bonds. The highest BCUT2D eigenvalue weighted by Crippen LogP contribution is 2.18. The smallest absolute Gasteiger partial charge is 0.315 e. The van der Waals surface area contributed by atoms with Crippen LogP contribution in [-0.2, 0) is 6.54 Å². The van der Waals surface area contributed by atoms with E-state index in [1.807, 2.05) is 38.1 Å². The molecule has 134 valence electrons. The monoisotopic (exact) mass is 346 g/mol. The van der Waals surface area contributed by atoms with Crippen molar-refractivity contribution < 1.29 is 18.7 Å². The normalized spacial score (nSPS) is 11.5. The number of hydrogen-bond acceptors (Lipinski definition) is 3. The zero-order valence-corrected chi connectivity index (χ0v) is 14.6. The lowest BCUT2D eigenvalue weighted by Gasteiger charge is -2.16. The van der Waals surface area contributed by atoms with Gasteiger partial charge in [0.1, 0.15) is 5.75 Å². The number of carbonyl (C=O) groups excluding carboxylic acids is 1. The molecular formula is C19H23FN2O3. The predicted octanol–water partition coefficient (Wildman–Crippen LogP) is 3.79. The summed E-state index contributed by atoms with van der Waals surface area (Å²) < 4.78 is 23.9. The Hall–Kier alpha value is -2.76. The molecule has 2 aromatic rings. The first-order chi connectivity index (χ1) is 12.0. The van der Waals surface area contributed by atoms with E-state index < -0.39 is 5.82 Å². The van der Waals surface area contributed by atoms with Crippen LogP contribution in [0.25, 0.3) is 0 Å². The number of urea groups is 1. The molecule has 0 saturated carbocycles. The summed E-state index contributed by atoms with van der Waals surface area (Å²) >= 11 is 0. The summed E-state index contributed by atoms with van der Waals surface area (Å²) in [7, 11) is 1.41. The molecule has 2 N–H and O–H groups in total. The molecule has 0 unspecified atom stereocenters. The van der Waals surface area contributed by atoms with Crippen molar-refractivity contribution in [3.63, 3.8) is 0 Å². The molecular weight excluding hydrogens is 323 g/mol. The molecule has 0 spiro atoms. The van der Waals surface area contributed by atoms with Gasteiger partial charge in [-0.2, -0.15) is 0 Å². The van der Waals surface area contributed by atoms with Gasteiger partial charge in [0.2, 0.25) is 0 Å². The van der Waals surface area contributed by atoms with Gasteiger partial charge in [0.15, 0.2) is 11.6 Å². The molecule has 0 radical (unpaired) electrons. The van der Waals surface area contributed by atoms with E-state index in [9.17, 15) is 9.18 Å². The minimum atomic E-state index is -0.454. The number of ether oxygens (including phenoxy) is 2. The first kappa shape index (κ1) is 18.6. The van der Waals surface area contributed by atoms with E-state index in [1.165, 1.54) is 19.2 Å². The second-order valence-electron chi connectivity index (χ2n) is 5.52. The molecule has 0 aliphatic rings. The number of nitrogens with one attached hydrogen (secondary N) is 2. The van der Waals surface area contributed by atoms with Crippen molar-refractivity contribution in [1.29, 1.82) is 0 Å². The third kappa shape index (κ3) is 5.38. The Bertz CT molecular complexity index is 704. The SMILES string of the molecule is CCOc1ccc([C@H](C)NC(=O)NCc2ccc(OC)c(F)c2)cc1. The Kier molecular flexibility index (Phi) is 6.62. The lowest BCUT2D eigenvalue weighted by molar-refractivity contribution is 0.237. The quantitative estimate of drug-likeness (QED) is 0.802. The van der Waals surface area contributed by atoms with Gasteiger partial charge in [0, 0.05) is 6.54 Å². The second kappa shape index (κ2) is 8.92. The summed E-state index contributed by atoms with van der Waals surface area (Å²) in [6, 6.07) is 11.7. The zero-order valence-electron chi connectivity index (χ0n) is 14.6. The molecule has 0 heterocycles. The number of amides is 2. The molecule has 1 atom stereocenters. The van der Waals surface area contributed by atoms with Crippen molar-refractivity contribution >= 4 is 6.03 Å². The first-order valence-corrected chi connectivity index (χ1v) is 8.13. The number of halogens is 1. The molecule has 0 fully saturated rings. The summed E-state index contributed by atoms with van der Waals surface area (Å²) in [6.07, 6.45) is 0. The fraction of sp³-hybridized carbons (Fsp3) is 0.316. The molecule has 6 heteroatoms. The minimum Gasteiger partial charge on any atom is -0.494 e. The van der Waals surface area contributed by atoms with Gasteiger partial charge in [0.05, 0.1) is 19.8 Å². The Morgan fingerprint density at radius 2 is 1.92 bits per heavy atom. The first-order valence-electron chi connectivity index (χ1n) is 8.13. The lowest BCUT2D eigenvalue weighted by Crippen LogP contribution is -2.36. The molecule has 25 heavy (non-hydrogen) atoms. The highest BCUT2D eigenvalue weighted by Gasteiger charge is 2.10. The fourth-order valence-corrected chi connectivity index (χ4v) is 2.35. The molecule has 0 saturated heterocycles. The number of hydrogen-bond donors (Lipinski definition) is 2. The van der Waals surface area contributed by atoms with Crippen LogP contribution in [0.15, 0.2) is 42.5 Å². The van der Waals surface area contributed by atoms with Crippen molar-refractivity contribution in [2.45, 2.75) is 26.4 Å². The molecule has 2 rings (SSSR count). The van der Waals surface area contributed by atoms with E-state index in [1.54, 1.807) is 6.07 Å². The van der Waals surface area contributed by atoms with Crippen molar-refractivity contribution in [3.05, 3.63) is 59.4 Å². The van der Waals surface area contributed by atoms with E-state index in [0.717, 1.165) is 11.3 Å². The summed E-state index contributed by atoms with van der Waals surface area (Å²) in [4.78, 5) is 12.0. The lowest BCUT2D eigenvalue weighted by atomic mass is 10.1. The standard InChI is InChI=1S/C19H23FN2O3/c1-4-25-16-8-6-15(7-9-16)13(2)22-19(23)21-12-14-5-10-18(24-3)17(20)11-14/h5-11,13H,4,12H2,1-3H3,(H2,21,22,23)/t13-/m0/s1. The highest BCUT2D eigenvalue weighted by atomic mass is 19.1. The number of benzene rings is 2. The van der Waals surface area contributed by atoms with Gasteiger partial charge in [-0.15, -0.1) is 0 Å². The van der Waals surface area contributed by atoms with Crippen LogP contribution in [0.5, 0.6) is 11.5 Å². The van der Waals surface area contributed by atoms with Crippen LogP contribution in [0.2, 0.25) is 0 Å². The van der Waals surface area contributed by atoms with Crippen molar-refractivity contribution in [3.8, 4) is 11.5 Å². The van der Waals surface area contributed by atoms with Gasteiger partial charge < -0.3 is 20.1 Å². The number of rotatable bonds is 7. The van der Waals surface area contributed by atoms with Crippen LogP contribution >= 0.6 is 0 Å². The predicted molar refractivity (Wildman–Crippen MR) is 94.3 cm³/mol. The number of methoxy groups -OCH3 is 1. The Morgan fingerprint density at radius 1 is 1.20 bits per heavy atom. The van der Waals surface area contributed by atoms with Crippen LogP contribution in [-0.4, -0.2) is 19.7 Å². The summed E-state index contributed by atoms with van der Waals surface area (Å²) in [6.45, 7) is 4.66. The van der Waals surface area contributed by atoms with E-state index >= 15 is 0 Å². The second-order valence-corrected chi connectivity index (χ2v) is 5.52. The molecule has 2 aromatic carbocycles. The Morgan fingerprint density at radius 3 is 2.52 bits per heavy atom. The van der Waals surface area contributed by atoms with E-state index in [-0.39, 0.29) is 24.4 Å². The van der Waals surface area contributed by atoms with Crippen LogP contribution in [0.1, 0.15) is 31.0 Å². The van der Waals surface area contributed by atoms with Gasteiger partial charge >= 0.3 is 6.03 Å². The summed E-state index contributed by atoms with van der Waals surface area (Å²) in [5.74, 6) is 0.520. The maximum absolute atomic E-state index is 13.6. The van der Waals surface area contributed by atoms with Gasteiger partial charge in [-0.05, 0) is 49.2 Å². The van der Waals surface area contributed by atoms with Gasteiger partial charge in [-0.25, -0.2) is 9.18 Å². The maximum atomic E-state index is 13.6. The maximum Gasteiger partial charge on any atom is 0.315 e. The molecule has 0 aliphatic carbocycles. The average Bonchev–Trinajstić information content (AvgIpc) is 2.61. The van der Waals surface area contributed by atoms with Crippen LogP contribution in [0.3, 0.4) is 0 Å². The molecule has 0 bridgehead atoms. The van der Waals surface area contributed by atoms with Gasteiger partial charge in [-0.1, -0.05) is 18.2 Å². The molecule has 5 nitrogen and oxygen atoms in total. The van der Waals surface area contributed by atoms with Crippen molar-refractivity contribution in [2.75, 3.05) is 13.7 Å². The third-order valence-corrected chi connectivity index (χ3v) is 3.71. The largest absolute Gasteiger partial charge is 0.494 e. The fourth-order valence-electron chi connectivity index (χ4n) is 2.35. The van der Waals surface area contributed by atoms with E-state index in [4.69, 9.17) is 9.47 Å². The third-order valence-electron chi connectivity index (χ3n) is 3.71. The summed E-state index contributed by atoms with van der Waals surface area (Å²) in [5.41, 5.74) is 1.62. The zero-order chi connectivity index (χ0) is 18.2. The van der Waals surface area contributed by atoms with E-state index in [0.29, 0.717) is 12.2 Å².